The van der Waals surface area contributed by atoms with Crippen LogP contribution in [0, 0.1) is 5.92 Å². The molecule has 0 saturated heterocycles. The number of nitrogens with zero attached hydrogens (tertiary/aromatic N) is 1. The molecule has 0 saturated carbocycles. The van der Waals surface area contributed by atoms with Crippen LogP contribution in [0.1, 0.15) is 20.3 Å². The van der Waals surface area contributed by atoms with Gasteiger partial charge in [-0.3, -0.25) is 10.0 Å². The fraction of sp³-hybridized carbons (Fsp3) is 0.600. The second-order valence-corrected chi connectivity index (χ2v) is 3.56. The molecule has 0 heterocycles. The molecule has 1 N–H and O–H groups in total. The van der Waals surface area contributed by atoms with Crippen molar-refractivity contribution in [3.63, 3.8) is 0 Å². The molecule has 0 radical (unpaired) electrons. The molecule has 0 aliphatic carbocycles. The van der Waals surface area contributed by atoms with Gasteiger partial charge in [-0.1, -0.05) is 20.4 Å². The Kier molecular flexibility index (Phi) is 5.62. The fourth-order valence-corrected chi connectivity index (χ4v) is 1.13. The van der Waals surface area contributed by atoms with Gasteiger partial charge in [0.25, 0.3) is 5.91 Å². The first-order valence-corrected chi connectivity index (χ1v) is 4.66. The Hall–Kier alpha value is -1.36. The molecule has 5 nitrogen and oxygen atoms in total. The van der Waals surface area contributed by atoms with Gasteiger partial charge in [0.1, 0.15) is 0 Å². The average molecular weight is 215 g/mol. The van der Waals surface area contributed by atoms with Crippen LogP contribution in [-0.4, -0.2) is 35.3 Å². The van der Waals surface area contributed by atoms with E-state index in [1.807, 2.05) is 13.8 Å². The maximum absolute atomic E-state index is 11.3. The van der Waals surface area contributed by atoms with Crippen LogP contribution in [0.15, 0.2) is 12.7 Å². The number of esters is 1. The number of carbonyl (C=O) groups is 2. The molecule has 0 aromatic carbocycles. The molecule has 1 atom stereocenters. The van der Waals surface area contributed by atoms with Crippen molar-refractivity contribution in [2.75, 3.05) is 7.11 Å². The van der Waals surface area contributed by atoms with E-state index in [1.54, 1.807) is 0 Å². The van der Waals surface area contributed by atoms with Crippen LogP contribution in [-0.2, 0) is 14.3 Å². The number of hydrogen-bond acceptors (Lipinski definition) is 4. The van der Waals surface area contributed by atoms with Crippen molar-refractivity contribution in [3.05, 3.63) is 12.7 Å². The summed E-state index contributed by atoms with van der Waals surface area (Å²) in [5.74, 6) is -1.20. The van der Waals surface area contributed by atoms with E-state index in [0.29, 0.717) is 11.5 Å². The van der Waals surface area contributed by atoms with Crippen molar-refractivity contribution >= 4 is 11.9 Å². The molecule has 0 aromatic heterocycles. The van der Waals surface area contributed by atoms with E-state index in [9.17, 15) is 14.8 Å². The van der Waals surface area contributed by atoms with Gasteiger partial charge >= 0.3 is 5.97 Å². The predicted molar refractivity (Wildman–Crippen MR) is 54.1 cm³/mol. The Morgan fingerprint density at radius 1 is 1.53 bits per heavy atom. The lowest BCUT2D eigenvalue weighted by atomic mass is 10.0. The topological polar surface area (TPSA) is 66.8 Å². The van der Waals surface area contributed by atoms with Crippen LogP contribution < -0.4 is 0 Å². The zero-order valence-corrected chi connectivity index (χ0v) is 9.27. The zero-order chi connectivity index (χ0) is 12.0. The zero-order valence-electron chi connectivity index (χ0n) is 9.27. The fourth-order valence-electron chi connectivity index (χ4n) is 1.13. The highest BCUT2D eigenvalue weighted by molar-refractivity contribution is 5.90. The van der Waals surface area contributed by atoms with Crippen LogP contribution >= 0.6 is 0 Å². The quantitative estimate of drug-likeness (QED) is 0.321. The number of ether oxygens (including phenoxy) is 1. The average Bonchev–Trinajstić information content (AvgIpc) is 2.22. The lowest BCUT2D eigenvalue weighted by Gasteiger charge is -2.23. The molecule has 15 heavy (non-hydrogen) atoms. The number of methoxy groups -OCH3 is 1. The molecule has 5 heteroatoms. The Bertz CT molecular complexity index is 250. The number of rotatable bonds is 5. The normalized spacial score (nSPS) is 12.1. The summed E-state index contributed by atoms with van der Waals surface area (Å²) < 4.78 is 4.50. The van der Waals surface area contributed by atoms with Gasteiger partial charge in [-0.05, 0) is 18.4 Å². The van der Waals surface area contributed by atoms with Crippen molar-refractivity contribution in [2.24, 2.45) is 5.92 Å². The third kappa shape index (κ3) is 4.12. The highest BCUT2D eigenvalue weighted by Gasteiger charge is 2.29. The van der Waals surface area contributed by atoms with E-state index in [4.69, 9.17) is 0 Å². The highest BCUT2D eigenvalue weighted by Crippen LogP contribution is 2.12. The van der Waals surface area contributed by atoms with E-state index >= 15 is 0 Å². The predicted octanol–water partition coefficient (Wildman–Crippen LogP) is 0.978. The number of carbonyl (C=O) groups excluding carboxylic acids is 2. The lowest BCUT2D eigenvalue weighted by Crippen LogP contribution is -2.43. The first-order valence-electron chi connectivity index (χ1n) is 4.66. The van der Waals surface area contributed by atoms with Gasteiger partial charge in [0.15, 0.2) is 6.04 Å². The van der Waals surface area contributed by atoms with Gasteiger partial charge < -0.3 is 4.74 Å². The summed E-state index contributed by atoms with van der Waals surface area (Å²) in [4.78, 5) is 22.4. The van der Waals surface area contributed by atoms with E-state index < -0.39 is 17.9 Å². The number of amides is 1. The molecule has 0 aliphatic heterocycles. The number of hydrogen-bond donors (Lipinski definition) is 1. The molecule has 0 aliphatic rings. The second kappa shape index (κ2) is 6.19. The van der Waals surface area contributed by atoms with Crippen LogP contribution in [0.5, 0.6) is 0 Å². The molecule has 0 unspecified atom stereocenters. The van der Waals surface area contributed by atoms with Crippen LogP contribution in [0.2, 0.25) is 0 Å². The summed E-state index contributed by atoms with van der Waals surface area (Å²) in [5, 5.41) is 9.80. The highest BCUT2D eigenvalue weighted by atomic mass is 16.5. The van der Waals surface area contributed by atoms with E-state index in [1.165, 1.54) is 7.11 Å². The standard InChI is InChI=1S/C10H17NO4/c1-5-9(12)11(14)8(6-7(2)3)10(13)15-4/h5,7-8,14H,1,6H2,2-4H3/t8-/m0/s1. The Labute approximate surface area is 89.3 Å². The van der Waals surface area contributed by atoms with Gasteiger partial charge in [-0.2, -0.15) is 0 Å². The first-order chi connectivity index (χ1) is 6.93. The first kappa shape index (κ1) is 13.6. The summed E-state index contributed by atoms with van der Waals surface area (Å²) in [6.07, 6.45) is 1.28. The molecule has 0 bridgehead atoms. The van der Waals surface area contributed by atoms with Crippen LogP contribution in [0.25, 0.3) is 0 Å². The maximum Gasteiger partial charge on any atom is 0.331 e. The molecule has 0 spiro atoms. The van der Waals surface area contributed by atoms with Gasteiger partial charge in [0, 0.05) is 0 Å². The molecule has 0 fully saturated rings. The number of hydroxylamine groups is 2. The minimum atomic E-state index is -0.972. The lowest BCUT2D eigenvalue weighted by molar-refractivity contribution is -0.184. The largest absolute Gasteiger partial charge is 0.467 e. The molecule has 86 valence electrons. The van der Waals surface area contributed by atoms with E-state index in [0.717, 1.165) is 6.08 Å². The Morgan fingerprint density at radius 2 is 2.07 bits per heavy atom. The summed E-state index contributed by atoms with van der Waals surface area (Å²) in [7, 11) is 1.21. The van der Waals surface area contributed by atoms with Crippen molar-refractivity contribution in [1.29, 1.82) is 0 Å². The smallest absolute Gasteiger partial charge is 0.331 e. The third-order valence-corrected chi connectivity index (χ3v) is 1.86. The molecule has 1 amide bonds. The van der Waals surface area contributed by atoms with Crippen molar-refractivity contribution < 1.29 is 19.5 Å². The van der Waals surface area contributed by atoms with Gasteiger partial charge in [0.05, 0.1) is 7.11 Å². The van der Waals surface area contributed by atoms with Crippen LogP contribution in [0.3, 0.4) is 0 Å². The van der Waals surface area contributed by atoms with Crippen molar-refractivity contribution in [3.8, 4) is 0 Å². The van der Waals surface area contributed by atoms with E-state index in [2.05, 4.69) is 11.3 Å². The summed E-state index contributed by atoms with van der Waals surface area (Å²) in [5.41, 5.74) is 0. The minimum Gasteiger partial charge on any atom is -0.467 e. The van der Waals surface area contributed by atoms with Gasteiger partial charge in [-0.15, -0.1) is 0 Å². The monoisotopic (exact) mass is 215 g/mol. The van der Waals surface area contributed by atoms with Gasteiger partial charge in [0.2, 0.25) is 0 Å². The van der Waals surface area contributed by atoms with Crippen molar-refractivity contribution in [1.82, 2.24) is 5.06 Å². The maximum atomic E-state index is 11.3. The summed E-state index contributed by atoms with van der Waals surface area (Å²) in [6, 6.07) is -0.972. The summed E-state index contributed by atoms with van der Waals surface area (Å²) >= 11 is 0. The molecular weight excluding hydrogens is 198 g/mol. The SMILES string of the molecule is C=CC(=O)N(O)[C@@H](CC(C)C)C(=O)OC. The second-order valence-electron chi connectivity index (χ2n) is 3.56. The van der Waals surface area contributed by atoms with Gasteiger partial charge in [-0.25, -0.2) is 9.86 Å². The minimum absolute atomic E-state index is 0.154. The van der Waals surface area contributed by atoms with Crippen LogP contribution in [0.4, 0.5) is 0 Å². The molecule has 0 rings (SSSR count). The van der Waals surface area contributed by atoms with E-state index in [-0.39, 0.29) is 5.92 Å². The van der Waals surface area contributed by atoms with Crippen molar-refractivity contribution in [2.45, 2.75) is 26.3 Å². The Morgan fingerprint density at radius 3 is 2.40 bits per heavy atom. The Balaban J connectivity index is 4.68. The summed E-state index contributed by atoms with van der Waals surface area (Å²) in [6.45, 7) is 6.98. The third-order valence-electron chi connectivity index (χ3n) is 1.86. The molecular formula is C10H17NO4. The molecule has 0 aromatic rings.